The number of nitrogens with one attached hydrogen (secondary N) is 2. The minimum atomic E-state index is -0.562. The number of imidazole rings is 1. The van der Waals surface area contributed by atoms with E-state index in [1.54, 1.807) is 60.2 Å². The molecule has 0 aliphatic rings. The van der Waals surface area contributed by atoms with E-state index in [2.05, 4.69) is 10.6 Å². The third kappa shape index (κ3) is 5.35. The molecular weight excluding hydrogens is 507 g/mol. The summed E-state index contributed by atoms with van der Waals surface area (Å²) in [6, 6.07) is 25.6. The molecule has 1 aromatic heterocycles. The van der Waals surface area contributed by atoms with Crippen molar-refractivity contribution < 1.29 is 18.7 Å². The Balaban J connectivity index is 1.39. The van der Waals surface area contributed by atoms with Crippen LogP contribution in [0.1, 0.15) is 10.4 Å². The number of benzene rings is 4. The van der Waals surface area contributed by atoms with Gasteiger partial charge in [-0.15, -0.1) is 0 Å². The van der Waals surface area contributed by atoms with Gasteiger partial charge in [0.2, 0.25) is 5.91 Å². The van der Waals surface area contributed by atoms with E-state index in [0.717, 1.165) is 16.6 Å². The molecule has 0 atom stereocenters. The Hall–Kier alpha value is -4.69. The molecular formula is C29H22ClFN4O3. The lowest BCUT2D eigenvalue weighted by Crippen LogP contribution is -2.19. The van der Waals surface area contributed by atoms with Crippen molar-refractivity contribution in [3.63, 3.8) is 0 Å². The highest BCUT2D eigenvalue weighted by Crippen LogP contribution is 2.26. The van der Waals surface area contributed by atoms with Gasteiger partial charge in [-0.1, -0.05) is 41.9 Å². The molecule has 0 saturated heterocycles. The Morgan fingerprint density at radius 1 is 0.921 bits per heavy atom. The Morgan fingerprint density at radius 2 is 1.68 bits per heavy atom. The number of carbonyl (C=O) groups excluding carboxylic acids is 2. The van der Waals surface area contributed by atoms with Gasteiger partial charge in [0.1, 0.15) is 23.9 Å². The fraction of sp³-hybridized carbons (Fsp3) is 0.0690. The summed E-state index contributed by atoms with van der Waals surface area (Å²) in [6.07, 6.45) is 0. The van der Waals surface area contributed by atoms with Crippen molar-refractivity contribution in [2.24, 2.45) is 0 Å². The normalized spacial score (nSPS) is 10.8. The van der Waals surface area contributed by atoms with Crippen molar-refractivity contribution in [1.29, 1.82) is 0 Å². The van der Waals surface area contributed by atoms with Crippen LogP contribution in [-0.2, 0) is 11.3 Å². The van der Waals surface area contributed by atoms with Crippen LogP contribution in [0, 0.1) is 5.82 Å². The van der Waals surface area contributed by atoms with Gasteiger partial charge in [0.25, 0.3) is 5.91 Å². The lowest BCUT2D eigenvalue weighted by atomic mass is 10.1. The maximum absolute atomic E-state index is 13.5. The van der Waals surface area contributed by atoms with Gasteiger partial charge >= 0.3 is 0 Å². The van der Waals surface area contributed by atoms with E-state index in [0.29, 0.717) is 28.5 Å². The summed E-state index contributed by atoms with van der Waals surface area (Å²) in [5, 5.41) is 5.53. The number of carbonyl (C=O) groups is 2. The molecule has 1 heterocycles. The van der Waals surface area contributed by atoms with Crippen LogP contribution in [0.3, 0.4) is 0 Å². The van der Waals surface area contributed by atoms with Crippen LogP contribution in [0.5, 0.6) is 5.75 Å². The molecule has 38 heavy (non-hydrogen) atoms. The average Bonchev–Trinajstić information content (AvgIpc) is 3.29. The number of rotatable bonds is 7. The zero-order valence-corrected chi connectivity index (χ0v) is 21.0. The highest BCUT2D eigenvalue weighted by atomic mass is 35.5. The second-order valence-corrected chi connectivity index (χ2v) is 8.86. The van der Waals surface area contributed by atoms with Gasteiger partial charge in [0.15, 0.2) is 0 Å². The summed E-state index contributed by atoms with van der Waals surface area (Å²) in [6.45, 7) is -0.0388. The van der Waals surface area contributed by atoms with Crippen LogP contribution in [0.25, 0.3) is 22.4 Å². The van der Waals surface area contributed by atoms with E-state index < -0.39 is 5.82 Å². The quantitative estimate of drug-likeness (QED) is 0.256. The van der Waals surface area contributed by atoms with Crippen molar-refractivity contribution >= 4 is 45.8 Å². The summed E-state index contributed by atoms with van der Waals surface area (Å²) in [4.78, 5) is 30.4. The van der Waals surface area contributed by atoms with Gasteiger partial charge in [0, 0.05) is 28.6 Å². The molecule has 0 aliphatic carbocycles. The number of para-hydroxylation sites is 2. The number of hydrogen-bond donors (Lipinski definition) is 2. The number of halogens is 2. The van der Waals surface area contributed by atoms with Crippen LogP contribution >= 0.6 is 11.6 Å². The zero-order valence-electron chi connectivity index (χ0n) is 20.2. The average molecular weight is 529 g/mol. The van der Waals surface area contributed by atoms with E-state index in [1.165, 1.54) is 18.2 Å². The van der Waals surface area contributed by atoms with Gasteiger partial charge < -0.3 is 19.9 Å². The molecule has 5 rings (SSSR count). The van der Waals surface area contributed by atoms with Crippen molar-refractivity contribution in [3.05, 3.63) is 107 Å². The van der Waals surface area contributed by atoms with Crippen molar-refractivity contribution in [3.8, 4) is 17.1 Å². The summed E-state index contributed by atoms with van der Waals surface area (Å²) in [7, 11) is 1.56. The Labute approximate surface area is 222 Å². The predicted molar refractivity (Wildman–Crippen MR) is 146 cm³/mol. The molecule has 2 amide bonds. The number of fused-ring (bicyclic) bond motifs is 1. The van der Waals surface area contributed by atoms with Crippen molar-refractivity contribution in [2.75, 3.05) is 17.7 Å². The first-order valence-electron chi connectivity index (χ1n) is 11.7. The Kier molecular flexibility index (Phi) is 7.06. The maximum atomic E-state index is 13.5. The number of nitrogens with zero attached hydrogens (tertiary/aromatic N) is 2. The van der Waals surface area contributed by atoms with E-state index in [9.17, 15) is 14.0 Å². The molecule has 7 nitrogen and oxygen atoms in total. The number of methoxy groups -OCH3 is 1. The van der Waals surface area contributed by atoms with Crippen LogP contribution in [0.4, 0.5) is 15.8 Å². The summed E-state index contributed by atoms with van der Waals surface area (Å²) >= 11 is 5.84. The minimum absolute atomic E-state index is 0.0388. The van der Waals surface area contributed by atoms with Gasteiger partial charge in [-0.2, -0.15) is 0 Å². The largest absolute Gasteiger partial charge is 0.497 e. The highest BCUT2D eigenvalue weighted by Gasteiger charge is 2.16. The van der Waals surface area contributed by atoms with Gasteiger partial charge in [-0.25, -0.2) is 9.37 Å². The number of hydrogen-bond acceptors (Lipinski definition) is 4. The fourth-order valence-electron chi connectivity index (χ4n) is 4.05. The third-order valence-electron chi connectivity index (χ3n) is 5.89. The lowest BCUT2D eigenvalue weighted by Gasteiger charge is -2.11. The molecule has 2 N–H and O–H groups in total. The number of ether oxygens (including phenoxy) is 1. The van der Waals surface area contributed by atoms with Crippen molar-refractivity contribution in [1.82, 2.24) is 9.55 Å². The van der Waals surface area contributed by atoms with Gasteiger partial charge in [-0.3, -0.25) is 9.59 Å². The second kappa shape index (κ2) is 10.7. The summed E-state index contributed by atoms with van der Waals surface area (Å²) < 4.78 is 20.5. The summed E-state index contributed by atoms with van der Waals surface area (Å²) in [5.74, 6) is 0.0528. The lowest BCUT2D eigenvalue weighted by molar-refractivity contribution is -0.116. The number of amides is 2. The standard InChI is InChI=1S/C29H22ClFN4O3/c1-38-22-6-4-5-20(15-22)33-29(37)19-11-9-18(10-12-19)28-34-25-7-2-3-8-26(25)35(28)17-27(36)32-21-13-14-24(31)23(30)16-21/h2-16H,17H2,1H3,(H,32,36)(H,33,37). The number of aromatic nitrogens is 2. The van der Waals surface area contributed by atoms with Gasteiger partial charge in [-0.05, 0) is 54.6 Å². The first kappa shape index (κ1) is 25.0. The van der Waals surface area contributed by atoms with E-state index in [-0.39, 0.29) is 23.4 Å². The van der Waals surface area contributed by atoms with Crippen LogP contribution in [-0.4, -0.2) is 28.5 Å². The molecule has 0 bridgehead atoms. The Morgan fingerprint density at radius 3 is 2.45 bits per heavy atom. The van der Waals surface area contributed by atoms with E-state index in [1.807, 2.05) is 24.3 Å². The molecule has 190 valence electrons. The molecule has 0 aliphatic heterocycles. The van der Waals surface area contributed by atoms with Crippen LogP contribution < -0.4 is 15.4 Å². The summed E-state index contributed by atoms with van der Waals surface area (Å²) in [5.41, 5.74) is 3.70. The van der Waals surface area contributed by atoms with Crippen molar-refractivity contribution in [2.45, 2.75) is 6.54 Å². The van der Waals surface area contributed by atoms with E-state index in [4.69, 9.17) is 21.3 Å². The maximum Gasteiger partial charge on any atom is 0.255 e. The smallest absolute Gasteiger partial charge is 0.255 e. The van der Waals surface area contributed by atoms with Crippen LogP contribution in [0.2, 0.25) is 5.02 Å². The topological polar surface area (TPSA) is 85.2 Å². The molecule has 5 aromatic rings. The monoisotopic (exact) mass is 528 g/mol. The van der Waals surface area contributed by atoms with Gasteiger partial charge in [0.05, 0.1) is 23.2 Å². The zero-order chi connectivity index (χ0) is 26.6. The highest BCUT2D eigenvalue weighted by molar-refractivity contribution is 6.31. The first-order valence-corrected chi connectivity index (χ1v) is 12.0. The molecule has 9 heteroatoms. The van der Waals surface area contributed by atoms with Crippen LogP contribution in [0.15, 0.2) is 91.0 Å². The minimum Gasteiger partial charge on any atom is -0.497 e. The third-order valence-corrected chi connectivity index (χ3v) is 6.18. The Bertz CT molecular complexity index is 1650. The molecule has 0 spiro atoms. The molecule has 0 saturated carbocycles. The first-order chi connectivity index (χ1) is 18.4. The molecule has 4 aromatic carbocycles. The predicted octanol–water partition coefficient (Wildman–Crippen LogP) is 6.40. The SMILES string of the molecule is COc1cccc(NC(=O)c2ccc(-c3nc4ccccc4n3CC(=O)Nc3ccc(F)c(Cl)c3)cc2)c1. The number of anilines is 2. The second-order valence-electron chi connectivity index (χ2n) is 8.45. The molecule has 0 radical (unpaired) electrons. The fourth-order valence-corrected chi connectivity index (χ4v) is 4.23. The van der Waals surface area contributed by atoms with E-state index >= 15 is 0 Å². The molecule has 0 fully saturated rings. The molecule has 0 unspecified atom stereocenters.